The van der Waals surface area contributed by atoms with E-state index in [1.165, 1.54) is 0 Å². The van der Waals surface area contributed by atoms with Crippen molar-refractivity contribution in [2.75, 3.05) is 36.2 Å². The molecule has 164 valence electrons. The molecule has 27 heavy (non-hydrogen) atoms. The molecule has 0 aliphatic rings. The lowest BCUT2D eigenvalue weighted by atomic mass is 10.4. The Morgan fingerprint density at radius 1 is 0.481 bits per heavy atom. The van der Waals surface area contributed by atoms with Gasteiger partial charge in [-0.15, -0.1) is 0 Å². The van der Waals surface area contributed by atoms with Crippen LogP contribution in [-0.2, 0) is 48.8 Å². The van der Waals surface area contributed by atoms with Gasteiger partial charge < -0.3 is 0 Å². The van der Waals surface area contributed by atoms with Crippen molar-refractivity contribution in [1.29, 1.82) is 0 Å². The summed E-state index contributed by atoms with van der Waals surface area (Å²) in [5, 5.41) is 0. The topological polar surface area (TPSA) is 195 Å². The molecule has 0 rings (SSSR count). The second-order valence-corrected chi connectivity index (χ2v) is 12.2. The van der Waals surface area contributed by atoms with Crippen LogP contribution in [0.25, 0.3) is 0 Å². The first-order valence-corrected chi connectivity index (χ1v) is 14.1. The Morgan fingerprint density at radius 3 is 1.07 bits per heavy atom. The molecule has 0 aliphatic heterocycles. The first kappa shape index (κ1) is 26.6. The number of unbranched alkanes of at least 4 members (excludes halogenated alkanes) is 2. The maximum atomic E-state index is 11.5. The molecule has 0 radical (unpaired) electrons. The van der Waals surface area contributed by atoms with Gasteiger partial charge in [0.1, 0.15) is 0 Å². The number of hydrogen-bond acceptors (Lipinski definition) is 10. The lowest BCUT2D eigenvalue weighted by molar-refractivity contribution is 0.253. The van der Waals surface area contributed by atoms with Crippen molar-refractivity contribution in [3.05, 3.63) is 0 Å². The molecule has 0 spiro atoms. The van der Waals surface area contributed by atoms with Gasteiger partial charge in [0.15, 0.2) is 0 Å². The van der Waals surface area contributed by atoms with E-state index in [2.05, 4.69) is 8.37 Å². The first-order chi connectivity index (χ1) is 12.1. The molecule has 0 aromatic heterocycles. The average molecular weight is 477 g/mol. The fourth-order valence-corrected chi connectivity index (χ4v) is 4.91. The Morgan fingerprint density at radius 2 is 0.778 bits per heavy atom. The van der Waals surface area contributed by atoms with Gasteiger partial charge in [-0.25, -0.2) is 0 Å². The van der Waals surface area contributed by atoms with E-state index in [-0.39, 0.29) is 45.3 Å². The molecule has 0 saturated carbocycles. The van der Waals surface area contributed by atoms with Crippen LogP contribution in [0.2, 0.25) is 0 Å². The second-order valence-electron chi connectivity index (χ2n) is 5.51. The summed E-state index contributed by atoms with van der Waals surface area (Å²) in [6, 6.07) is 0. The molecule has 0 aromatic rings. The molecule has 0 fully saturated rings. The molecule has 0 heterocycles. The van der Waals surface area contributed by atoms with Crippen LogP contribution in [0.15, 0.2) is 0 Å². The zero-order chi connectivity index (χ0) is 21.2. The fraction of sp³-hybridized carbons (Fsp3) is 1.00. The maximum Gasteiger partial charge on any atom is 0.267 e. The Labute approximate surface area is 160 Å². The second kappa shape index (κ2) is 11.6. The van der Waals surface area contributed by atoms with Crippen LogP contribution in [0.4, 0.5) is 0 Å². The Balaban J connectivity index is 3.92. The minimum atomic E-state index is -4.15. The third-order valence-electron chi connectivity index (χ3n) is 2.91. The normalized spacial score (nSPS) is 13.7. The standard InChI is InChI=1S/C11H24O12S4/c12-24(13,14)8-1-3-10-26(18,19)22-6-5-7-23-27(20,21)11-4-2-9-25(15,16)17/h1-11H2,(H,12,13,14)(H,15,16,17). The summed E-state index contributed by atoms with van der Waals surface area (Å²) in [5.41, 5.74) is 0. The first-order valence-electron chi connectivity index (χ1n) is 7.76. The summed E-state index contributed by atoms with van der Waals surface area (Å²) in [6.07, 6.45) is -0.220. The van der Waals surface area contributed by atoms with Gasteiger partial charge in [-0.2, -0.15) is 33.7 Å². The quantitative estimate of drug-likeness (QED) is 0.163. The highest BCUT2D eigenvalue weighted by molar-refractivity contribution is 7.87. The number of rotatable bonds is 16. The molecule has 0 bridgehead atoms. The van der Waals surface area contributed by atoms with Crippen LogP contribution >= 0.6 is 0 Å². The van der Waals surface area contributed by atoms with Gasteiger partial charge >= 0.3 is 0 Å². The van der Waals surface area contributed by atoms with Crippen LogP contribution in [-0.4, -0.2) is 79.0 Å². The van der Waals surface area contributed by atoms with Crippen molar-refractivity contribution < 1.29 is 51.1 Å². The van der Waals surface area contributed by atoms with E-state index in [0.29, 0.717) is 0 Å². The Bertz CT molecular complexity index is 767. The highest BCUT2D eigenvalue weighted by Gasteiger charge is 2.14. The van der Waals surface area contributed by atoms with Crippen LogP contribution < -0.4 is 0 Å². The van der Waals surface area contributed by atoms with E-state index in [0.717, 1.165) is 0 Å². The van der Waals surface area contributed by atoms with Gasteiger partial charge in [-0.1, -0.05) is 0 Å². The van der Waals surface area contributed by atoms with E-state index in [1.54, 1.807) is 0 Å². The zero-order valence-electron chi connectivity index (χ0n) is 14.4. The summed E-state index contributed by atoms with van der Waals surface area (Å²) in [7, 11) is -16.1. The third kappa shape index (κ3) is 18.8. The average Bonchev–Trinajstić information content (AvgIpc) is 2.46. The van der Waals surface area contributed by atoms with Gasteiger partial charge in [-0.05, 0) is 32.1 Å². The zero-order valence-corrected chi connectivity index (χ0v) is 17.7. The van der Waals surface area contributed by atoms with Gasteiger partial charge in [0.25, 0.3) is 40.5 Å². The van der Waals surface area contributed by atoms with E-state index < -0.39 is 63.5 Å². The van der Waals surface area contributed by atoms with E-state index in [9.17, 15) is 33.7 Å². The largest absolute Gasteiger partial charge is 0.286 e. The lowest BCUT2D eigenvalue weighted by Crippen LogP contribution is -2.16. The molecule has 0 aliphatic carbocycles. The molecule has 16 heteroatoms. The third-order valence-corrected chi connectivity index (χ3v) is 7.15. The summed E-state index contributed by atoms with van der Waals surface area (Å²) in [5.74, 6) is -2.01. The summed E-state index contributed by atoms with van der Waals surface area (Å²) >= 11 is 0. The fourth-order valence-electron chi connectivity index (χ4n) is 1.68. The highest BCUT2D eigenvalue weighted by atomic mass is 32.2. The molecule has 0 saturated heterocycles. The molecular formula is C11H24O12S4. The molecule has 12 nitrogen and oxygen atoms in total. The summed E-state index contributed by atoms with van der Waals surface area (Å²) < 4.78 is 114. The van der Waals surface area contributed by atoms with E-state index in [1.807, 2.05) is 0 Å². The van der Waals surface area contributed by atoms with Crippen LogP contribution in [0.1, 0.15) is 32.1 Å². The number of hydrogen-bond donors (Lipinski definition) is 2. The van der Waals surface area contributed by atoms with Crippen molar-refractivity contribution in [2.45, 2.75) is 32.1 Å². The van der Waals surface area contributed by atoms with Gasteiger partial charge in [-0.3, -0.25) is 17.5 Å². The van der Waals surface area contributed by atoms with Gasteiger partial charge in [0, 0.05) is 0 Å². The Hall–Kier alpha value is -0.360. The Kier molecular flexibility index (Phi) is 11.4. The highest BCUT2D eigenvalue weighted by Crippen LogP contribution is 2.05. The predicted octanol–water partition coefficient (Wildman–Crippen LogP) is -0.595. The minimum Gasteiger partial charge on any atom is -0.286 e. The maximum absolute atomic E-state index is 11.5. The summed E-state index contributed by atoms with van der Waals surface area (Å²) in [6.45, 7) is -0.669. The van der Waals surface area contributed by atoms with Crippen LogP contribution in [0, 0.1) is 0 Å². The van der Waals surface area contributed by atoms with Crippen LogP contribution in [0.3, 0.4) is 0 Å². The molecular weight excluding hydrogens is 452 g/mol. The van der Waals surface area contributed by atoms with Gasteiger partial charge in [0.2, 0.25) is 0 Å². The van der Waals surface area contributed by atoms with Crippen molar-refractivity contribution in [1.82, 2.24) is 0 Å². The monoisotopic (exact) mass is 476 g/mol. The summed E-state index contributed by atoms with van der Waals surface area (Å²) in [4.78, 5) is 0. The SMILES string of the molecule is O=S(=O)(O)CCCCS(=O)(=O)OCCCOS(=O)(=O)CCCCS(=O)(=O)O. The van der Waals surface area contributed by atoms with Crippen molar-refractivity contribution in [3.63, 3.8) is 0 Å². The van der Waals surface area contributed by atoms with E-state index in [4.69, 9.17) is 9.11 Å². The molecule has 0 aromatic carbocycles. The van der Waals surface area contributed by atoms with E-state index >= 15 is 0 Å². The lowest BCUT2D eigenvalue weighted by Gasteiger charge is -2.07. The molecule has 2 N–H and O–H groups in total. The van der Waals surface area contributed by atoms with Gasteiger partial charge in [0.05, 0.1) is 36.2 Å². The van der Waals surface area contributed by atoms with Crippen LogP contribution in [0.5, 0.6) is 0 Å². The predicted molar refractivity (Wildman–Crippen MR) is 95.4 cm³/mol. The van der Waals surface area contributed by atoms with Crippen molar-refractivity contribution >= 4 is 40.5 Å². The minimum absolute atomic E-state index is 0.0312. The van der Waals surface area contributed by atoms with Crippen molar-refractivity contribution in [3.8, 4) is 0 Å². The molecule has 0 unspecified atom stereocenters. The van der Waals surface area contributed by atoms with Crippen molar-refractivity contribution in [2.24, 2.45) is 0 Å². The molecule has 0 amide bonds. The smallest absolute Gasteiger partial charge is 0.267 e. The molecule has 0 atom stereocenters.